The maximum absolute atomic E-state index is 13.0. The lowest BCUT2D eigenvalue weighted by molar-refractivity contribution is 0.0924. The van der Waals surface area contributed by atoms with Crippen molar-refractivity contribution in [1.29, 1.82) is 0 Å². The second-order valence-electron chi connectivity index (χ2n) is 7.19. The van der Waals surface area contributed by atoms with E-state index >= 15 is 0 Å². The predicted molar refractivity (Wildman–Crippen MR) is 113 cm³/mol. The Balaban J connectivity index is 1.66. The number of amides is 3. The molecule has 1 aliphatic heterocycles. The van der Waals surface area contributed by atoms with Gasteiger partial charge in [-0.3, -0.25) is 14.4 Å². The van der Waals surface area contributed by atoms with E-state index in [-0.39, 0.29) is 17.7 Å². The number of benzene rings is 3. The molecule has 0 fully saturated rings. The topological polar surface area (TPSA) is 66.5 Å². The lowest BCUT2D eigenvalue weighted by atomic mass is 10.1. The SMILES string of the molecule is Cc1ccccc1C(=O)Nc1ccc2c(c1)C(=O)N(c1cccc(C)c1C)C2=O. The van der Waals surface area contributed by atoms with Crippen molar-refractivity contribution in [2.24, 2.45) is 0 Å². The van der Waals surface area contributed by atoms with Crippen LogP contribution in [0.1, 0.15) is 47.8 Å². The highest BCUT2D eigenvalue weighted by molar-refractivity contribution is 6.35. The van der Waals surface area contributed by atoms with Crippen LogP contribution >= 0.6 is 0 Å². The van der Waals surface area contributed by atoms with Gasteiger partial charge >= 0.3 is 0 Å². The Bertz CT molecular complexity index is 1180. The van der Waals surface area contributed by atoms with E-state index in [4.69, 9.17) is 0 Å². The molecule has 3 aromatic rings. The van der Waals surface area contributed by atoms with E-state index in [9.17, 15) is 14.4 Å². The second kappa shape index (κ2) is 7.02. The number of carbonyl (C=O) groups is 3. The first kappa shape index (κ1) is 18.6. The maximum atomic E-state index is 13.0. The summed E-state index contributed by atoms with van der Waals surface area (Å²) in [5.41, 5.74) is 5.00. The van der Waals surface area contributed by atoms with Crippen LogP contribution in [0.2, 0.25) is 0 Å². The molecule has 3 aromatic carbocycles. The quantitative estimate of drug-likeness (QED) is 0.668. The zero-order valence-corrected chi connectivity index (χ0v) is 16.4. The highest BCUT2D eigenvalue weighted by atomic mass is 16.2. The molecule has 5 nitrogen and oxygen atoms in total. The molecule has 0 saturated carbocycles. The number of imide groups is 1. The van der Waals surface area contributed by atoms with Gasteiger partial charge in [0, 0.05) is 11.3 Å². The Kier molecular flexibility index (Phi) is 4.51. The third-order valence-electron chi connectivity index (χ3n) is 5.35. The van der Waals surface area contributed by atoms with Gasteiger partial charge in [-0.15, -0.1) is 0 Å². The van der Waals surface area contributed by atoms with Crippen molar-refractivity contribution >= 4 is 29.1 Å². The predicted octanol–water partition coefficient (Wildman–Crippen LogP) is 4.66. The van der Waals surface area contributed by atoms with Gasteiger partial charge in [0.05, 0.1) is 16.8 Å². The molecule has 5 heteroatoms. The van der Waals surface area contributed by atoms with Gasteiger partial charge in [0.15, 0.2) is 0 Å². The Morgan fingerprint density at radius 1 is 0.793 bits per heavy atom. The highest BCUT2D eigenvalue weighted by Crippen LogP contribution is 2.33. The summed E-state index contributed by atoms with van der Waals surface area (Å²) in [6, 6.07) is 17.6. The summed E-state index contributed by atoms with van der Waals surface area (Å²) in [5.74, 6) is -0.993. The minimum atomic E-state index is -0.384. The molecule has 1 heterocycles. The van der Waals surface area contributed by atoms with Crippen molar-refractivity contribution < 1.29 is 14.4 Å². The Labute approximate surface area is 169 Å². The fourth-order valence-corrected chi connectivity index (χ4v) is 3.54. The van der Waals surface area contributed by atoms with Crippen molar-refractivity contribution in [2.45, 2.75) is 20.8 Å². The highest BCUT2D eigenvalue weighted by Gasteiger charge is 2.37. The molecule has 0 spiro atoms. The summed E-state index contributed by atoms with van der Waals surface area (Å²) in [4.78, 5) is 39.7. The molecule has 0 saturated heterocycles. The first-order chi connectivity index (χ1) is 13.9. The van der Waals surface area contributed by atoms with E-state index in [1.54, 1.807) is 36.4 Å². The van der Waals surface area contributed by atoms with E-state index in [1.165, 1.54) is 4.90 Å². The number of nitrogens with one attached hydrogen (secondary N) is 1. The van der Waals surface area contributed by atoms with Crippen LogP contribution in [0.5, 0.6) is 0 Å². The first-order valence-electron chi connectivity index (χ1n) is 9.34. The van der Waals surface area contributed by atoms with Gasteiger partial charge in [-0.2, -0.15) is 0 Å². The van der Waals surface area contributed by atoms with Crippen LogP contribution in [0.3, 0.4) is 0 Å². The molecule has 144 valence electrons. The fourth-order valence-electron chi connectivity index (χ4n) is 3.54. The monoisotopic (exact) mass is 384 g/mol. The Morgan fingerprint density at radius 3 is 2.24 bits per heavy atom. The summed E-state index contributed by atoms with van der Waals surface area (Å²) >= 11 is 0. The number of rotatable bonds is 3. The molecule has 0 aromatic heterocycles. The van der Waals surface area contributed by atoms with Crippen LogP contribution in [-0.2, 0) is 0 Å². The van der Waals surface area contributed by atoms with Gasteiger partial charge in [-0.05, 0) is 67.8 Å². The molecule has 4 rings (SSSR count). The first-order valence-corrected chi connectivity index (χ1v) is 9.34. The molecule has 0 bridgehead atoms. The van der Waals surface area contributed by atoms with Crippen molar-refractivity contribution in [1.82, 2.24) is 0 Å². The number of aryl methyl sites for hydroxylation is 2. The van der Waals surface area contributed by atoms with Crippen LogP contribution < -0.4 is 10.2 Å². The van der Waals surface area contributed by atoms with E-state index in [0.29, 0.717) is 28.1 Å². The van der Waals surface area contributed by atoms with Crippen molar-refractivity contribution in [3.8, 4) is 0 Å². The second-order valence-corrected chi connectivity index (χ2v) is 7.19. The molecule has 1 aliphatic rings. The van der Waals surface area contributed by atoms with Gasteiger partial charge in [-0.25, -0.2) is 4.90 Å². The molecular weight excluding hydrogens is 364 g/mol. The molecular formula is C24H20N2O3. The number of nitrogens with zero attached hydrogens (tertiary/aromatic N) is 1. The minimum absolute atomic E-state index is 0.258. The molecule has 0 atom stereocenters. The maximum Gasteiger partial charge on any atom is 0.266 e. The average molecular weight is 384 g/mol. The summed E-state index contributed by atoms with van der Waals surface area (Å²) in [7, 11) is 0. The molecule has 29 heavy (non-hydrogen) atoms. The number of hydrogen-bond acceptors (Lipinski definition) is 3. The molecule has 0 aliphatic carbocycles. The number of hydrogen-bond donors (Lipinski definition) is 1. The molecule has 0 radical (unpaired) electrons. The van der Waals surface area contributed by atoms with Gasteiger partial charge in [-0.1, -0.05) is 30.3 Å². The normalized spacial score (nSPS) is 12.9. The summed E-state index contributed by atoms with van der Waals surface area (Å²) in [6.45, 7) is 5.69. The smallest absolute Gasteiger partial charge is 0.266 e. The number of fused-ring (bicyclic) bond motifs is 1. The summed E-state index contributed by atoms with van der Waals surface area (Å²) < 4.78 is 0. The van der Waals surface area contributed by atoms with Crippen LogP contribution in [0.15, 0.2) is 60.7 Å². The van der Waals surface area contributed by atoms with E-state index < -0.39 is 0 Å². The average Bonchev–Trinajstić information content (AvgIpc) is 2.94. The summed E-state index contributed by atoms with van der Waals surface area (Å²) in [5, 5.41) is 2.82. The zero-order valence-electron chi connectivity index (χ0n) is 16.4. The fraction of sp³-hybridized carbons (Fsp3) is 0.125. The Morgan fingerprint density at radius 2 is 1.48 bits per heavy atom. The van der Waals surface area contributed by atoms with Gasteiger partial charge in [0.1, 0.15) is 0 Å². The summed E-state index contributed by atoms with van der Waals surface area (Å²) in [6.07, 6.45) is 0. The van der Waals surface area contributed by atoms with Crippen molar-refractivity contribution in [3.63, 3.8) is 0 Å². The van der Waals surface area contributed by atoms with Crippen LogP contribution in [0.4, 0.5) is 11.4 Å². The molecule has 3 amide bonds. The Hall–Kier alpha value is -3.73. The molecule has 1 N–H and O–H groups in total. The standard InChI is InChI=1S/C24H20N2O3/c1-14-8-6-10-21(16(14)3)26-23(28)19-12-11-17(13-20(19)24(26)29)25-22(27)18-9-5-4-7-15(18)2/h4-13H,1-3H3,(H,25,27). The third kappa shape index (κ3) is 3.10. The van der Waals surface area contributed by atoms with E-state index in [0.717, 1.165) is 16.7 Å². The van der Waals surface area contributed by atoms with Crippen LogP contribution in [0.25, 0.3) is 0 Å². The van der Waals surface area contributed by atoms with Crippen LogP contribution in [-0.4, -0.2) is 17.7 Å². The minimum Gasteiger partial charge on any atom is -0.322 e. The van der Waals surface area contributed by atoms with Gasteiger partial charge in [0.25, 0.3) is 17.7 Å². The third-order valence-corrected chi connectivity index (χ3v) is 5.35. The number of carbonyl (C=O) groups excluding carboxylic acids is 3. The van der Waals surface area contributed by atoms with E-state index in [1.807, 2.05) is 45.0 Å². The lowest BCUT2D eigenvalue weighted by Crippen LogP contribution is -2.30. The lowest BCUT2D eigenvalue weighted by Gasteiger charge is -2.17. The zero-order chi connectivity index (χ0) is 20.7. The van der Waals surface area contributed by atoms with Gasteiger partial charge in [0.2, 0.25) is 0 Å². The molecule has 0 unspecified atom stereocenters. The largest absolute Gasteiger partial charge is 0.322 e. The number of anilines is 2. The van der Waals surface area contributed by atoms with Gasteiger partial charge < -0.3 is 5.32 Å². The van der Waals surface area contributed by atoms with Crippen molar-refractivity contribution in [2.75, 3.05) is 10.2 Å². The van der Waals surface area contributed by atoms with Crippen LogP contribution in [0, 0.1) is 20.8 Å². The van der Waals surface area contributed by atoms with E-state index in [2.05, 4.69) is 5.32 Å². The van der Waals surface area contributed by atoms with Crippen molar-refractivity contribution in [3.05, 3.63) is 94.0 Å².